The van der Waals surface area contributed by atoms with Gasteiger partial charge in [-0.1, -0.05) is 11.6 Å². The maximum absolute atomic E-state index is 9.85. The van der Waals surface area contributed by atoms with Gasteiger partial charge in [0, 0.05) is 24.8 Å². The van der Waals surface area contributed by atoms with E-state index < -0.39 is 6.10 Å². The molecule has 1 saturated carbocycles. The lowest BCUT2D eigenvalue weighted by molar-refractivity contribution is 0.0906. The van der Waals surface area contributed by atoms with Gasteiger partial charge in [0.2, 0.25) is 0 Å². The largest absolute Gasteiger partial charge is 0.396 e. The fourth-order valence-electron chi connectivity index (χ4n) is 2.73. The second kappa shape index (κ2) is 4.50. The summed E-state index contributed by atoms with van der Waals surface area (Å²) < 4.78 is 2.02. The molecule has 0 saturated heterocycles. The van der Waals surface area contributed by atoms with Crippen molar-refractivity contribution >= 4 is 22.6 Å². The van der Waals surface area contributed by atoms with Gasteiger partial charge in [-0.15, -0.1) is 0 Å². The molecule has 1 fully saturated rings. The first-order valence-electron chi connectivity index (χ1n) is 5.96. The Labute approximate surface area is 109 Å². The monoisotopic (exact) mass is 267 g/mol. The molecule has 96 valence electrons. The van der Waals surface area contributed by atoms with Crippen LogP contribution in [-0.4, -0.2) is 37.5 Å². The zero-order valence-corrected chi connectivity index (χ0v) is 10.5. The number of rotatable bonds is 2. The van der Waals surface area contributed by atoms with Gasteiger partial charge in [-0.25, -0.2) is 9.97 Å². The Balaban J connectivity index is 1.99. The van der Waals surface area contributed by atoms with Crippen LogP contribution >= 0.6 is 11.6 Å². The molecule has 2 aromatic rings. The molecule has 2 N–H and O–H groups in total. The summed E-state index contributed by atoms with van der Waals surface area (Å²) in [6, 6.07) is 2.04. The zero-order valence-electron chi connectivity index (χ0n) is 9.70. The van der Waals surface area contributed by atoms with Gasteiger partial charge in [0.25, 0.3) is 0 Å². The van der Waals surface area contributed by atoms with Gasteiger partial charge in [0.15, 0.2) is 0 Å². The normalized spacial score (nSPS) is 28.1. The number of aliphatic hydroxyl groups excluding tert-OH is 2. The molecule has 2 heterocycles. The fourth-order valence-corrected chi connectivity index (χ4v) is 2.92. The first-order chi connectivity index (χ1) is 8.70. The van der Waals surface area contributed by atoms with Crippen molar-refractivity contribution in [1.29, 1.82) is 0 Å². The molecule has 1 aliphatic rings. The summed E-state index contributed by atoms with van der Waals surface area (Å²) in [4.78, 5) is 8.19. The third-order valence-electron chi connectivity index (χ3n) is 3.72. The number of hydrogen-bond donors (Lipinski definition) is 2. The number of hydrogen-bond acceptors (Lipinski definition) is 4. The van der Waals surface area contributed by atoms with Crippen LogP contribution in [0.2, 0.25) is 5.15 Å². The fraction of sp³-hybridized carbons (Fsp3) is 0.500. The van der Waals surface area contributed by atoms with E-state index >= 15 is 0 Å². The molecule has 0 amide bonds. The zero-order chi connectivity index (χ0) is 12.7. The molecule has 3 rings (SSSR count). The van der Waals surface area contributed by atoms with Gasteiger partial charge < -0.3 is 14.8 Å². The van der Waals surface area contributed by atoms with E-state index in [1.807, 2.05) is 16.8 Å². The lowest BCUT2D eigenvalue weighted by Gasteiger charge is -2.12. The Bertz CT molecular complexity index is 571. The van der Waals surface area contributed by atoms with Crippen molar-refractivity contribution < 1.29 is 10.2 Å². The highest BCUT2D eigenvalue weighted by Gasteiger charge is 2.34. The second-order valence-electron chi connectivity index (χ2n) is 4.76. The Hall–Kier alpha value is -1.17. The van der Waals surface area contributed by atoms with Crippen LogP contribution in [0.1, 0.15) is 18.9 Å². The SMILES string of the molecule is OC[C@@H]1C[C@@H](n2ccc3c(Cl)ncnc32)C[C@@H]1O. The van der Waals surface area contributed by atoms with Gasteiger partial charge in [-0.2, -0.15) is 0 Å². The van der Waals surface area contributed by atoms with Crippen molar-refractivity contribution in [3.05, 3.63) is 23.7 Å². The summed E-state index contributed by atoms with van der Waals surface area (Å²) in [5.74, 6) is -0.0511. The summed E-state index contributed by atoms with van der Waals surface area (Å²) in [5.41, 5.74) is 0.783. The van der Waals surface area contributed by atoms with E-state index in [0.29, 0.717) is 11.6 Å². The number of aromatic nitrogens is 3. The minimum absolute atomic E-state index is 0.0204. The van der Waals surface area contributed by atoms with E-state index in [0.717, 1.165) is 17.5 Å². The van der Waals surface area contributed by atoms with Crippen molar-refractivity contribution in [3.63, 3.8) is 0 Å². The molecule has 1 aliphatic carbocycles. The Morgan fingerprint density at radius 1 is 1.39 bits per heavy atom. The van der Waals surface area contributed by atoms with Gasteiger partial charge in [0.1, 0.15) is 17.1 Å². The predicted molar refractivity (Wildman–Crippen MR) is 67.4 cm³/mol. The predicted octanol–water partition coefficient (Wildman–Crippen LogP) is 1.39. The minimum atomic E-state index is -0.449. The summed E-state index contributed by atoms with van der Waals surface area (Å²) in [5, 5.41) is 20.3. The van der Waals surface area contributed by atoms with Crippen molar-refractivity contribution in [3.8, 4) is 0 Å². The smallest absolute Gasteiger partial charge is 0.145 e. The van der Waals surface area contributed by atoms with Crippen LogP contribution in [0.15, 0.2) is 18.6 Å². The number of halogens is 1. The average molecular weight is 268 g/mol. The minimum Gasteiger partial charge on any atom is -0.396 e. The summed E-state index contributed by atoms with van der Waals surface area (Å²) >= 11 is 6.01. The van der Waals surface area contributed by atoms with Crippen molar-refractivity contribution in [1.82, 2.24) is 14.5 Å². The number of aliphatic hydroxyl groups is 2. The van der Waals surface area contributed by atoms with Crippen LogP contribution in [0, 0.1) is 5.92 Å². The maximum atomic E-state index is 9.85. The molecule has 0 radical (unpaired) electrons. The lowest BCUT2D eigenvalue weighted by Crippen LogP contribution is -2.16. The summed E-state index contributed by atoms with van der Waals surface area (Å²) in [6.45, 7) is 0.0204. The second-order valence-corrected chi connectivity index (χ2v) is 5.12. The van der Waals surface area contributed by atoms with E-state index in [1.54, 1.807) is 0 Å². The number of nitrogens with zero attached hydrogens (tertiary/aromatic N) is 3. The quantitative estimate of drug-likeness (QED) is 0.807. The van der Waals surface area contributed by atoms with Crippen molar-refractivity contribution in [2.45, 2.75) is 25.0 Å². The molecule has 0 aromatic carbocycles. The van der Waals surface area contributed by atoms with Crippen LogP contribution < -0.4 is 0 Å². The topological polar surface area (TPSA) is 71.2 Å². The first-order valence-corrected chi connectivity index (χ1v) is 6.34. The van der Waals surface area contributed by atoms with Crippen LogP contribution in [0.25, 0.3) is 11.0 Å². The first kappa shape index (κ1) is 11.9. The van der Waals surface area contributed by atoms with E-state index in [2.05, 4.69) is 9.97 Å². The van der Waals surface area contributed by atoms with Gasteiger partial charge in [0.05, 0.1) is 11.5 Å². The van der Waals surface area contributed by atoms with E-state index in [-0.39, 0.29) is 18.6 Å². The van der Waals surface area contributed by atoms with E-state index in [4.69, 9.17) is 11.6 Å². The summed E-state index contributed by atoms with van der Waals surface area (Å²) in [7, 11) is 0. The van der Waals surface area contributed by atoms with Crippen LogP contribution in [0.4, 0.5) is 0 Å². The standard InChI is InChI=1S/C12H14ClN3O2/c13-11-9-1-2-16(12(9)15-6-14-11)8-3-7(5-17)10(18)4-8/h1-2,6-8,10,17-18H,3-5H2/t7-,8+,10-/m0/s1. The Morgan fingerprint density at radius 3 is 2.94 bits per heavy atom. The molecule has 0 aliphatic heterocycles. The lowest BCUT2D eigenvalue weighted by atomic mass is 10.1. The van der Waals surface area contributed by atoms with E-state index in [9.17, 15) is 10.2 Å². The third-order valence-corrected chi connectivity index (χ3v) is 4.02. The van der Waals surface area contributed by atoms with Crippen molar-refractivity contribution in [2.24, 2.45) is 5.92 Å². The van der Waals surface area contributed by atoms with Crippen molar-refractivity contribution in [2.75, 3.05) is 6.61 Å². The molecular weight excluding hydrogens is 254 g/mol. The average Bonchev–Trinajstić information content (AvgIpc) is 2.93. The summed E-state index contributed by atoms with van der Waals surface area (Å²) in [6.07, 6.45) is 4.30. The van der Waals surface area contributed by atoms with Crippen LogP contribution in [0.5, 0.6) is 0 Å². The van der Waals surface area contributed by atoms with Crippen LogP contribution in [-0.2, 0) is 0 Å². The van der Waals surface area contributed by atoms with Gasteiger partial charge >= 0.3 is 0 Å². The Kier molecular flexibility index (Phi) is 2.97. The third kappa shape index (κ3) is 1.79. The molecule has 5 nitrogen and oxygen atoms in total. The molecule has 0 bridgehead atoms. The molecule has 18 heavy (non-hydrogen) atoms. The Morgan fingerprint density at radius 2 is 2.22 bits per heavy atom. The molecular formula is C12H14ClN3O2. The molecule has 6 heteroatoms. The number of fused-ring (bicyclic) bond motifs is 1. The van der Waals surface area contributed by atoms with E-state index in [1.165, 1.54) is 6.33 Å². The van der Waals surface area contributed by atoms with Gasteiger partial charge in [-0.3, -0.25) is 0 Å². The molecule has 0 unspecified atom stereocenters. The molecule has 2 aromatic heterocycles. The molecule has 0 spiro atoms. The van der Waals surface area contributed by atoms with Crippen LogP contribution in [0.3, 0.4) is 0 Å². The molecule has 3 atom stereocenters. The highest BCUT2D eigenvalue weighted by Crippen LogP contribution is 2.36. The maximum Gasteiger partial charge on any atom is 0.145 e. The highest BCUT2D eigenvalue weighted by atomic mass is 35.5. The van der Waals surface area contributed by atoms with Gasteiger partial charge in [-0.05, 0) is 18.9 Å². The highest BCUT2D eigenvalue weighted by molar-refractivity contribution is 6.33.